The zero-order chi connectivity index (χ0) is 9.56. The first-order valence-corrected chi connectivity index (χ1v) is 3.89. The van der Waals surface area contributed by atoms with E-state index in [0.717, 1.165) is 6.92 Å². The average molecular weight is 231 g/mol. The predicted octanol–water partition coefficient (Wildman–Crippen LogP) is 2.44. The quantitative estimate of drug-likeness (QED) is 0.696. The van der Waals surface area contributed by atoms with E-state index in [1.165, 1.54) is 0 Å². The van der Waals surface area contributed by atoms with E-state index < -0.39 is 5.97 Å². The van der Waals surface area contributed by atoms with Gasteiger partial charge in [0.1, 0.15) is 0 Å². The van der Waals surface area contributed by atoms with Crippen LogP contribution in [0.3, 0.4) is 0 Å². The van der Waals surface area contributed by atoms with E-state index in [1.807, 2.05) is 12.1 Å². The Bertz CT molecular complexity index is 241. The molecule has 0 aliphatic rings. The summed E-state index contributed by atoms with van der Waals surface area (Å²) in [7, 11) is 0. The standard InChI is InChI=1S/C6H4Cl2.C2H4O2.Na.H/c7-5-3-1-2-4-6(5)8;1-2(3)4;;/h1-4H;1H3,(H,3,4);;. The molecule has 5 heteroatoms. The van der Waals surface area contributed by atoms with Gasteiger partial charge in [0.05, 0.1) is 10.0 Å². The van der Waals surface area contributed by atoms with Crippen LogP contribution in [0, 0.1) is 0 Å². The van der Waals surface area contributed by atoms with Crippen molar-refractivity contribution in [3.63, 3.8) is 0 Å². The van der Waals surface area contributed by atoms with Crippen LogP contribution in [0.1, 0.15) is 6.92 Å². The number of rotatable bonds is 0. The van der Waals surface area contributed by atoms with Gasteiger partial charge in [0, 0.05) is 6.92 Å². The van der Waals surface area contributed by atoms with Crippen LogP contribution in [-0.2, 0) is 4.79 Å². The third-order valence-electron chi connectivity index (χ3n) is 0.824. The van der Waals surface area contributed by atoms with E-state index in [-0.39, 0.29) is 29.6 Å². The number of carboxylic acid groups (broad SMARTS) is 1. The van der Waals surface area contributed by atoms with Crippen LogP contribution in [0.4, 0.5) is 0 Å². The molecule has 0 atom stereocenters. The molecule has 0 heterocycles. The molecule has 0 unspecified atom stereocenters. The van der Waals surface area contributed by atoms with Gasteiger partial charge in [-0.2, -0.15) is 0 Å². The number of carboxylic acids is 1. The second-order valence-electron chi connectivity index (χ2n) is 1.93. The summed E-state index contributed by atoms with van der Waals surface area (Å²) in [5.41, 5.74) is 0. The van der Waals surface area contributed by atoms with Crippen molar-refractivity contribution in [1.82, 2.24) is 0 Å². The SMILES string of the molecule is CC(=O)O.Clc1ccccc1Cl.[NaH]. The maximum atomic E-state index is 9.00. The van der Waals surface area contributed by atoms with E-state index in [9.17, 15) is 0 Å². The molecule has 0 saturated carbocycles. The minimum atomic E-state index is -0.833. The first-order valence-electron chi connectivity index (χ1n) is 3.13. The van der Waals surface area contributed by atoms with Crippen molar-refractivity contribution < 1.29 is 9.90 Å². The number of halogens is 2. The van der Waals surface area contributed by atoms with Gasteiger partial charge in [0.15, 0.2) is 0 Å². The molecule has 13 heavy (non-hydrogen) atoms. The molecule has 1 aromatic rings. The van der Waals surface area contributed by atoms with Gasteiger partial charge in [0.25, 0.3) is 5.97 Å². The first-order chi connectivity index (χ1) is 5.54. The Morgan fingerprint density at radius 2 is 1.46 bits per heavy atom. The van der Waals surface area contributed by atoms with Gasteiger partial charge in [-0.05, 0) is 12.1 Å². The molecule has 0 fully saturated rings. The Kier molecular flexibility index (Phi) is 10.7. The van der Waals surface area contributed by atoms with Gasteiger partial charge < -0.3 is 5.11 Å². The summed E-state index contributed by atoms with van der Waals surface area (Å²) >= 11 is 11.2. The first kappa shape index (κ1) is 15.7. The molecular weight excluding hydrogens is 222 g/mol. The van der Waals surface area contributed by atoms with Crippen molar-refractivity contribution in [3.8, 4) is 0 Å². The summed E-state index contributed by atoms with van der Waals surface area (Å²) < 4.78 is 0. The fourth-order valence-electron chi connectivity index (χ4n) is 0.439. The van der Waals surface area contributed by atoms with Crippen LogP contribution in [-0.4, -0.2) is 40.6 Å². The molecule has 1 rings (SSSR count). The number of benzene rings is 1. The molecule has 0 aliphatic heterocycles. The van der Waals surface area contributed by atoms with Gasteiger partial charge in [-0.15, -0.1) is 0 Å². The van der Waals surface area contributed by atoms with Gasteiger partial charge in [-0.1, -0.05) is 35.3 Å². The van der Waals surface area contributed by atoms with E-state index in [4.69, 9.17) is 33.1 Å². The molecule has 0 amide bonds. The molecule has 0 bridgehead atoms. The van der Waals surface area contributed by atoms with Gasteiger partial charge in [-0.25, -0.2) is 0 Å². The second-order valence-corrected chi connectivity index (χ2v) is 2.75. The van der Waals surface area contributed by atoms with Gasteiger partial charge >= 0.3 is 29.6 Å². The summed E-state index contributed by atoms with van der Waals surface area (Å²) in [6.45, 7) is 1.08. The molecule has 0 aliphatic carbocycles. The molecule has 1 N–H and O–H groups in total. The van der Waals surface area contributed by atoms with Crippen molar-refractivity contribution in [2.75, 3.05) is 0 Å². The normalized spacial score (nSPS) is 7.62. The summed E-state index contributed by atoms with van der Waals surface area (Å²) in [4.78, 5) is 9.00. The number of carbonyl (C=O) groups is 1. The number of aliphatic carboxylic acids is 1. The third-order valence-corrected chi connectivity index (χ3v) is 1.58. The van der Waals surface area contributed by atoms with Crippen molar-refractivity contribution in [1.29, 1.82) is 0 Å². The molecule has 2 nitrogen and oxygen atoms in total. The van der Waals surface area contributed by atoms with Crippen molar-refractivity contribution in [3.05, 3.63) is 34.3 Å². The van der Waals surface area contributed by atoms with Gasteiger partial charge in [0.2, 0.25) is 0 Å². The molecule has 1 aromatic carbocycles. The maximum absolute atomic E-state index is 9.00. The molecule has 0 radical (unpaired) electrons. The van der Waals surface area contributed by atoms with Crippen molar-refractivity contribution >= 4 is 58.7 Å². The molecule has 0 aromatic heterocycles. The fraction of sp³-hybridized carbons (Fsp3) is 0.125. The fourth-order valence-corrected chi connectivity index (χ4v) is 0.711. The van der Waals surface area contributed by atoms with Crippen molar-refractivity contribution in [2.24, 2.45) is 0 Å². The Hall–Kier alpha value is 0.270. The molecule has 68 valence electrons. The van der Waals surface area contributed by atoms with Gasteiger partial charge in [-0.3, -0.25) is 4.79 Å². The Morgan fingerprint density at radius 1 is 1.23 bits per heavy atom. The Morgan fingerprint density at radius 3 is 1.62 bits per heavy atom. The van der Waals surface area contributed by atoms with Crippen LogP contribution < -0.4 is 0 Å². The van der Waals surface area contributed by atoms with E-state index >= 15 is 0 Å². The Balaban J connectivity index is 0. The second kappa shape index (κ2) is 8.85. The zero-order valence-corrected chi connectivity index (χ0v) is 7.93. The summed E-state index contributed by atoms with van der Waals surface area (Å²) in [5.74, 6) is -0.833. The molecule has 0 spiro atoms. The summed E-state index contributed by atoms with van der Waals surface area (Å²) in [6, 6.07) is 7.19. The van der Waals surface area contributed by atoms with E-state index in [0.29, 0.717) is 10.0 Å². The Labute approximate surface area is 109 Å². The van der Waals surface area contributed by atoms with E-state index in [1.54, 1.807) is 12.1 Å². The number of hydrogen-bond acceptors (Lipinski definition) is 1. The van der Waals surface area contributed by atoms with Crippen LogP contribution in [0.25, 0.3) is 0 Å². The average Bonchev–Trinajstić information content (AvgIpc) is 1.94. The monoisotopic (exact) mass is 230 g/mol. The predicted molar refractivity (Wildman–Crippen MR) is 56.9 cm³/mol. The van der Waals surface area contributed by atoms with Crippen LogP contribution in [0.5, 0.6) is 0 Å². The molecular formula is C8H9Cl2NaO2. The summed E-state index contributed by atoms with van der Waals surface area (Å²) in [5, 5.41) is 8.63. The van der Waals surface area contributed by atoms with Crippen LogP contribution in [0.15, 0.2) is 24.3 Å². The third kappa shape index (κ3) is 10.2. The number of hydrogen-bond donors (Lipinski definition) is 1. The molecule has 0 saturated heterocycles. The zero-order valence-electron chi connectivity index (χ0n) is 6.42. The van der Waals surface area contributed by atoms with Crippen molar-refractivity contribution in [2.45, 2.75) is 6.92 Å². The summed E-state index contributed by atoms with van der Waals surface area (Å²) in [6.07, 6.45) is 0. The minimum absolute atomic E-state index is 0. The van der Waals surface area contributed by atoms with Crippen LogP contribution >= 0.6 is 23.2 Å². The van der Waals surface area contributed by atoms with E-state index in [2.05, 4.69) is 0 Å². The topological polar surface area (TPSA) is 37.3 Å². The van der Waals surface area contributed by atoms with Crippen LogP contribution in [0.2, 0.25) is 10.0 Å².